The van der Waals surface area contributed by atoms with E-state index in [9.17, 15) is 0 Å². The predicted molar refractivity (Wildman–Crippen MR) is 75.0 cm³/mol. The number of hydrogen-bond donors (Lipinski definition) is 0. The van der Waals surface area contributed by atoms with Crippen molar-refractivity contribution in [2.75, 3.05) is 7.11 Å². The molecule has 2 aromatic carbocycles. The van der Waals surface area contributed by atoms with E-state index < -0.39 is 0 Å². The Kier molecular flexibility index (Phi) is 2.62. The van der Waals surface area contributed by atoms with Gasteiger partial charge in [-0.15, -0.1) is 0 Å². The van der Waals surface area contributed by atoms with Crippen LogP contribution in [-0.4, -0.2) is 7.11 Å². The average Bonchev–Trinajstić information content (AvgIpc) is 2.76. The highest BCUT2D eigenvalue weighted by molar-refractivity contribution is 5.86. The molecule has 0 atom stereocenters. The molecule has 0 aliphatic heterocycles. The van der Waals surface area contributed by atoms with E-state index in [1.807, 2.05) is 0 Å². The van der Waals surface area contributed by atoms with Crippen LogP contribution in [0.2, 0.25) is 0 Å². The Bertz CT molecular complexity index is 597. The molecular formula is C17H17O. The summed E-state index contributed by atoms with van der Waals surface area (Å²) in [5.74, 6) is 1.49. The third kappa shape index (κ3) is 1.54. The van der Waals surface area contributed by atoms with Gasteiger partial charge in [-0.05, 0) is 34.2 Å². The lowest BCUT2D eigenvalue weighted by Gasteiger charge is -2.14. The number of rotatable bonds is 2. The average molecular weight is 237 g/mol. The third-order valence-corrected chi connectivity index (χ3v) is 3.61. The van der Waals surface area contributed by atoms with Gasteiger partial charge in [-0.2, -0.15) is 0 Å². The van der Waals surface area contributed by atoms with Crippen LogP contribution in [0.3, 0.4) is 0 Å². The van der Waals surface area contributed by atoms with E-state index in [0.717, 1.165) is 5.75 Å². The number of hydrogen-bond acceptors (Lipinski definition) is 1. The summed E-state index contributed by atoms with van der Waals surface area (Å²) in [6.07, 6.45) is 2.28. The molecule has 18 heavy (non-hydrogen) atoms. The van der Waals surface area contributed by atoms with Crippen molar-refractivity contribution in [2.24, 2.45) is 0 Å². The van der Waals surface area contributed by atoms with Crippen LogP contribution in [-0.2, 0) is 0 Å². The molecule has 1 nitrogen and oxygen atoms in total. The lowest BCUT2D eigenvalue weighted by molar-refractivity contribution is 0.416. The number of fused-ring (bicyclic) bond motifs is 3. The van der Waals surface area contributed by atoms with E-state index >= 15 is 0 Å². The van der Waals surface area contributed by atoms with Crippen LogP contribution in [0.1, 0.15) is 36.5 Å². The number of methoxy groups -OCH3 is 1. The van der Waals surface area contributed by atoms with Crippen LogP contribution in [0, 0.1) is 6.42 Å². The predicted octanol–water partition coefficient (Wildman–Crippen LogP) is 4.40. The Morgan fingerprint density at radius 1 is 1.00 bits per heavy atom. The largest absolute Gasteiger partial charge is 0.496 e. The molecule has 1 radical (unpaired) electrons. The fourth-order valence-corrected chi connectivity index (χ4v) is 2.73. The van der Waals surface area contributed by atoms with Crippen molar-refractivity contribution in [2.45, 2.75) is 19.8 Å². The second-order valence-corrected chi connectivity index (χ2v) is 5.03. The van der Waals surface area contributed by atoms with Crippen molar-refractivity contribution in [1.29, 1.82) is 0 Å². The minimum absolute atomic E-state index is 0.523. The van der Waals surface area contributed by atoms with Crippen LogP contribution in [0.4, 0.5) is 0 Å². The van der Waals surface area contributed by atoms with Crippen molar-refractivity contribution in [3.05, 3.63) is 59.5 Å². The maximum Gasteiger partial charge on any atom is 0.127 e. The quantitative estimate of drug-likeness (QED) is 0.642. The Morgan fingerprint density at radius 2 is 1.78 bits per heavy atom. The van der Waals surface area contributed by atoms with Gasteiger partial charge in [-0.3, -0.25) is 0 Å². The van der Waals surface area contributed by atoms with Crippen LogP contribution >= 0.6 is 0 Å². The summed E-state index contributed by atoms with van der Waals surface area (Å²) in [4.78, 5) is 0. The van der Waals surface area contributed by atoms with E-state index in [1.165, 1.54) is 27.8 Å². The molecule has 0 fully saturated rings. The highest BCUT2D eigenvalue weighted by atomic mass is 16.5. The van der Waals surface area contributed by atoms with E-state index in [0.29, 0.717) is 5.92 Å². The Balaban J connectivity index is 2.29. The smallest absolute Gasteiger partial charge is 0.127 e. The van der Waals surface area contributed by atoms with Gasteiger partial charge < -0.3 is 4.74 Å². The highest BCUT2D eigenvalue weighted by Crippen LogP contribution is 2.46. The van der Waals surface area contributed by atoms with Crippen molar-refractivity contribution in [1.82, 2.24) is 0 Å². The van der Waals surface area contributed by atoms with Gasteiger partial charge in [0.1, 0.15) is 5.75 Å². The Labute approximate surface area is 108 Å². The zero-order chi connectivity index (χ0) is 12.7. The van der Waals surface area contributed by atoms with Crippen LogP contribution in [0.5, 0.6) is 5.75 Å². The molecule has 0 saturated heterocycles. The molecule has 0 amide bonds. The standard InChI is InChI=1S/C17H17O/c1-11(2)13-8-9-16(18-3)17-14-7-5-4-6-12(14)10-15(13)17/h4-11H,1-3H3. The van der Waals surface area contributed by atoms with Gasteiger partial charge in [0, 0.05) is 12.0 Å². The second-order valence-electron chi connectivity index (χ2n) is 5.03. The molecular weight excluding hydrogens is 220 g/mol. The normalized spacial score (nSPS) is 12.4. The molecule has 91 valence electrons. The molecule has 0 heterocycles. The molecule has 1 aliphatic carbocycles. The van der Waals surface area contributed by atoms with Gasteiger partial charge >= 0.3 is 0 Å². The van der Waals surface area contributed by atoms with Gasteiger partial charge in [0.15, 0.2) is 0 Å². The topological polar surface area (TPSA) is 9.23 Å². The zero-order valence-corrected chi connectivity index (χ0v) is 11.0. The molecule has 0 aromatic heterocycles. The summed E-state index contributed by atoms with van der Waals surface area (Å²) in [6.45, 7) is 4.47. The molecule has 0 N–H and O–H groups in total. The SMILES string of the molecule is COc1ccc(C(C)C)c2c1-c1ccccc1[CH]2. The van der Waals surface area contributed by atoms with E-state index in [1.54, 1.807) is 7.11 Å². The summed E-state index contributed by atoms with van der Waals surface area (Å²) in [6, 6.07) is 12.8. The molecule has 0 spiro atoms. The summed E-state index contributed by atoms with van der Waals surface area (Å²) < 4.78 is 5.53. The van der Waals surface area contributed by atoms with Crippen molar-refractivity contribution in [3.8, 4) is 16.9 Å². The van der Waals surface area contributed by atoms with Gasteiger partial charge in [-0.25, -0.2) is 0 Å². The summed E-state index contributed by atoms with van der Waals surface area (Å²) in [5.41, 5.74) is 6.54. The van der Waals surface area contributed by atoms with Crippen LogP contribution in [0.15, 0.2) is 36.4 Å². The molecule has 1 heteroatoms. The van der Waals surface area contributed by atoms with Crippen molar-refractivity contribution >= 4 is 0 Å². The fourth-order valence-electron chi connectivity index (χ4n) is 2.73. The lowest BCUT2D eigenvalue weighted by Crippen LogP contribution is -1.96. The van der Waals surface area contributed by atoms with Gasteiger partial charge in [0.2, 0.25) is 0 Å². The summed E-state index contributed by atoms with van der Waals surface area (Å²) in [7, 11) is 1.74. The van der Waals surface area contributed by atoms with E-state index in [4.69, 9.17) is 4.74 Å². The molecule has 2 aromatic rings. The maximum absolute atomic E-state index is 5.53. The molecule has 0 unspecified atom stereocenters. The van der Waals surface area contributed by atoms with Gasteiger partial charge in [0.25, 0.3) is 0 Å². The maximum atomic E-state index is 5.53. The number of benzene rings is 2. The van der Waals surface area contributed by atoms with Gasteiger partial charge in [-0.1, -0.05) is 44.2 Å². The van der Waals surface area contributed by atoms with Crippen LogP contribution in [0.25, 0.3) is 11.1 Å². The summed E-state index contributed by atoms with van der Waals surface area (Å²) in [5, 5.41) is 0. The minimum Gasteiger partial charge on any atom is -0.496 e. The first kappa shape index (κ1) is 11.3. The first-order chi connectivity index (χ1) is 8.72. The first-order valence-corrected chi connectivity index (χ1v) is 6.37. The summed E-state index contributed by atoms with van der Waals surface area (Å²) >= 11 is 0. The molecule has 0 saturated carbocycles. The Morgan fingerprint density at radius 3 is 2.50 bits per heavy atom. The fraction of sp³-hybridized carbons (Fsp3) is 0.235. The first-order valence-electron chi connectivity index (χ1n) is 6.37. The van der Waals surface area contributed by atoms with E-state index in [-0.39, 0.29) is 0 Å². The van der Waals surface area contributed by atoms with Crippen molar-refractivity contribution < 1.29 is 4.74 Å². The monoisotopic (exact) mass is 237 g/mol. The minimum atomic E-state index is 0.523. The molecule has 3 rings (SSSR count). The second kappa shape index (κ2) is 4.16. The molecule has 0 bridgehead atoms. The third-order valence-electron chi connectivity index (χ3n) is 3.61. The van der Waals surface area contributed by atoms with E-state index in [2.05, 4.69) is 56.7 Å². The number of ether oxygens (including phenoxy) is 1. The molecule has 1 aliphatic rings. The van der Waals surface area contributed by atoms with Gasteiger partial charge in [0.05, 0.1) is 7.11 Å². The zero-order valence-electron chi connectivity index (χ0n) is 11.0. The Hall–Kier alpha value is -1.76. The van der Waals surface area contributed by atoms with Crippen molar-refractivity contribution in [3.63, 3.8) is 0 Å². The lowest BCUT2D eigenvalue weighted by atomic mass is 9.93. The van der Waals surface area contributed by atoms with Crippen LogP contribution < -0.4 is 4.74 Å². The highest BCUT2D eigenvalue weighted by Gasteiger charge is 2.25.